The Labute approximate surface area is 117 Å². The topological polar surface area (TPSA) is 50.9 Å². The number of imidazole rings is 1. The Hall–Kier alpha value is -2.20. The summed E-state index contributed by atoms with van der Waals surface area (Å²) in [6.07, 6.45) is 5.59. The van der Waals surface area contributed by atoms with Crippen LogP contribution in [0.4, 0.5) is 0 Å². The second-order valence-corrected chi connectivity index (χ2v) is 4.83. The van der Waals surface area contributed by atoms with Gasteiger partial charge in [0.05, 0.1) is 23.7 Å². The van der Waals surface area contributed by atoms with Gasteiger partial charge in [0.1, 0.15) is 6.10 Å². The summed E-state index contributed by atoms with van der Waals surface area (Å²) in [5.41, 5.74) is 2.59. The fourth-order valence-electron chi connectivity index (χ4n) is 2.51. The Kier molecular flexibility index (Phi) is 3.48. The molecule has 102 valence electrons. The first kappa shape index (κ1) is 12.8. The van der Waals surface area contributed by atoms with E-state index in [0.717, 1.165) is 35.1 Å². The number of aryl methyl sites for hydroxylation is 1. The highest BCUT2D eigenvalue weighted by atomic mass is 16.3. The average Bonchev–Trinajstić information content (AvgIpc) is 2.94. The van der Waals surface area contributed by atoms with Crippen molar-refractivity contribution in [3.8, 4) is 0 Å². The Morgan fingerprint density at radius 2 is 2.15 bits per heavy atom. The molecule has 0 amide bonds. The van der Waals surface area contributed by atoms with Crippen molar-refractivity contribution in [1.82, 2.24) is 14.5 Å². The Morgan fingerprint density at radius 1 is 1.25 bits per heavy atom. The normalized spacial score (nSPS) is 12.7. The monoisotopic (exact) mass is 267 g/mol. The molecule has 3 aromatic rings. The van der Waals surface area contributed by atoms with Crippen molar-refractivity contribution in [2.24, 2.45) is 0 Å². The summed E-state index contributed by atoms with van der Waals surface area (Å²) in [5, 5.41) is 11.7. The largest absolute Gasteiger partial charge is 0.382 e. The van der Waals surface area contributed by atoms with Gasteiger partial charge in [0.25, 0.3) is 0 Å². The van der Waals surface area contributed by atoms with E-state index in [1.165, 1.54) is 0 Å². The highest BCUT2D eigenvalue weighted by Gasteiger charge is 2.17. The van der Waals surface area contributed by atoms with Gasteiger partial charge in [-0.1, -0.05) is 25.1 Å². The molecule has 0 aliphatic carbocycles. The summed E-state index contributed by atoms with van der Waals surface area (Å²) in [7, 11) is 0. The van der Waals surface area contributed by atoms with Crippen LogP contribution >= 0.6 is 0 Å². The Morgan fingerprint density at radius 3 is 3.00 bits per heavy atom. The van der Waals surface area contributed by atoms with Gasteiger partial charge in [0.15, 0.2) is 0 Å². The number of nitrogens with zero attached hydrogens (tertiary/aromatic N) is 3. The van der Waals surface area contributed by atoms with Crippen LogP contribution in [-0.2, 0) is 6.54 Å². The van der Waals surface area contributed by atoms with Crippen LogP contribution in [0, 0.1) is 0 Å². The van der Waals surface area contributed by atoms with Crippen LogP contribution in [0.25, 0.3) is 10.9 Å². The number of rotatable bonds is 4. The van der Waals surface area contributed by atoms with E-state index >= 15 is 0 Å². The maximum atomic E-state index is 10.7. The van der Waals surface area contributed by atoms with E-state index in [0.29, 0.717) is 0 Å². The van der Waals surface area contributed by atoms with E-state index in [1.807, 2.05) is 34.9 Å². The molecule has 1 unspecified atom stereocenters. The molecule has 2 aromatic heterocycles. The average molecular weight is 267 g/mol. The Balaban J connectivity index is 2.08. The minimum absolute atomic E-state index is 0.683. The van der Waals surface area contributed by atoms with E-state index in [9.17, 15) is 5.11 Å². The summed E-state index contributed by atoms with van der Waals surface area (Å²) in [6, 6.07) is 9.70. The number of hydrogen-bond donors (Lipinski definition) is 1. The van der Waals surface area contributed by atoms with Crippen molar-refractivity contribution in [3.63, 3.8) is 0 Å². The van der Waals surface area contributed by atoms with Gasteiger partial charge in [0, 0.05) is 18.1 Å². The number of benzene rings is 1. The van der Waals surface area contributed by atoms with Gasteiger partial charge in [-0.15, -0.1) is 0 Å². The van der Waals surface area contributed by atoms with E-state index in [-0.39, 0.29) is 0 Å². The molecule has 0 fully saturated rings. The van der Waals surface area contributed by atoms with Crippen LogP contribution in [0.1, 0.15) is 30.7 Å². The minimum Gasteiger partial charge on any atom is -0.382 e. The van der Waals surface area contributed by atoms with Gasteiger partial charge in [-0.3, -0.25) is 4.98 Å². The number of fused-ring (bicyclic) bond motifs is 1. The molecule has 4 heteroatoms. The van der Waals surface area contributed by atoms with E-state index in [2.05, 4.69) is 16.9 Å². The summed E-state index contributed by atoms with van der Waals surface area (Å²) in [6.45, 7) is 2.97. The van der Waals surface area contributed by atoms with Crippen LogP contribution in [0.3, 0.4) is 0 Å². The second kappa shape index (κ2) is 5.43. The summed E-state index contributed by atoms with van der Waals surface area (Å²) >= 11 is 0. The number of aliphatic hydroxyl groups excluding tert-OH is 1. The molecule has 1 atom stereocenters. The molecule has 0 radical (unpaired) electrons. The van der Waals surface area contributed by atoms with Crippen molar-refractivity contribution < 1.29 is 5.11 Å². The van der Waals surface area contributed by atoms with Gasteiger partial charge < -0.3 is 9.67 Å². The highest BCUT2D eigenvalue weighted by molar-refractivity contribution is 5.82. The smallest absolute Gasteiger partial charge is 0.121 e. The van der Waals surface area contributed by atoms with Crippen molar-refractivity contribution >= 4 is 10.9 Å². The van der Waals surface area contributed by atoms with Crippen LogP contribution in [-0.4, -0.2) is 19.6 Å². The first-order valence-electron chi connectivity index (χ1n) is 6.83. The van der Waals surface area contributed by atoms with Gasteiger partial charge in [-0.25, -0.2) is 4.98 Å². The lowest BCUT2D eigenvalue weighted by atomic mass is 10.0. The molecule has 0 aliphatic rings. The van der Waals surface area contributed by atoms with Gasteiger partial charge in [0.2, 0.25) is 0 Å². The third-order valence-electron chi connectivity index (χ3n) is 3.46. The van der Waals surface area contributed by atoms with Crippen molar-refractivity contribution in [3.05, 3.63) is 60.3 Å². The molecule has 4 nitrogen and oxygen atoms in total. The molecule has 0 spiro atoms. The first-order valence-corrected chi connectivity index (χ1v) is 6.83. The maximum Gasteiger partial charge on any atom is 0.121 e. The van der Waals surface area contributed by atoms with Gasteiger partial charge in [-0.2, -0.15) is 0 Å². The van der Waals surface area contributed by atoms with E-state index in [4.69, 9.17) is 0 Å². The number of aliphatic hydroxyl groups is 1. The zero-order valence-corrected chi connectivity index (χ0v) is 11.4. The minimum atomic E-state index is -0.683. The molecular weight excluding hydrogens is 250 g/mol. The third-order valence-corrected chi connectivity index (χ3v) is 3.46. The fourth-order valence-corrected chi connectivity index (χ4v) is 2.51. The number of hydrogen-bond acceptors (Lipinski definition) is 3. The van der Waals surface area contributed by atoms with E-state index < -0.39 is 6.10 Å². The first-order chi connectivity index (χ1) is 9.81. The standard InChI is InChI=1S/C16H17N3O/c1-2-9-19-11-17-10-15(19)16(20)13-5-3-7-14-12(13)6-4-8-18-14/h3-8,10-11,16,20H,2,9H2,1H3. The summed E-state index contributed by atoms with van der Waals surface area (Å²) in [5.74, 6) is 0. The van der Waals surface area contributed by atoms with E-state index in [1.54, 1.807) is 18.7 Å². The molecule has 2 heterocycles. The molecule has 0 bridgehead atoms. The predicted molar refractivity (Wildman–Crippen MR) is 78.3 cm³/mol. The van der Waals surface area contributed by atoms with Crippen molar-refractivity contribution in [1.29, 1.82) is 0 Å². The van der Waals surface area contributed by atoms with Crippen LogP contribution < -0.4 is 0 Å². The summed E-state index contributed by atoms with van der Waals surface area (Å²) in [4.78, 5) is 8.49. The van der Waals surface area contributed by atoms with Crippen molar-refractivity contribution in [2.75, 3.05) is 0 Å². The lowest BCUT2D eigenvalue weighted by molar-refractivity contribution is 0.211. The molecule has 0 saturated heterocycles. The van der Waals surface area contributed by atoms with Gasteiger partial charge >= 0.3 is 0 Å². The zero-order chi connectivity index (χ0) is 13.9. The molecule has 0 saturated carbocycles. The lowest BCUT2D eigenvalue weighted by Gasteiger charge is -2.15. The maximum absolute atomic E-state index is 10.7. The second-order valence-electron chi connectivity index (χ2n) is 4.83. The zero-order valence-electron chi connectivity index (χ0n) is 11.4. The van der Waals surface area contributed by atoms with Gasteiger partial charge in [-0.05, 0) is 24.1 Å². The van der Waals surface area contributed by atoms with Crippen LogP contribution in [0.2, 0.25) is 0 Å². The third kappa shape index (κ3) is 2.18. The van der Waals surface area contributed by atoms with Crippen molar-refractivity contribution in [2.45, 2.75) is 26.0 Å². The van der Waals surface area contributed by atoms with Crippen LogP contribution in [0.15, 0.2) is 49.1 Å². The lowest BCUT2D eigenvalue weighted by Crippen LogP contribution is -2.08. The molecular formula is C16H17N3O. The quantitative estimate of drug-likeness (QED) is 0.790. The predicted octanol–water partition coefficient (Wildman–Crippen LogP) is 2.92. The SMILES string of the molecule is CCCn1cncc1C(O)c1cccc2ncccc12. The molecule has 1 aromatic carbocycles. The Bertz CT molecular complexity index is 715. The fraction of sp³-hybridized carbons (Fsp3) is 0.250. The molecule has 3 rings (SSSR count). The number of aromatic nitrogens is 3. The van der Waals surface area contributed by atoms with Crippen LogP contribution in [0.5, 0.6) is 0 Å². The molecule has 0 aliphatic heterocycles. The molecule has 20 heavy (non-hydrogen) atoms. The highest BCUT2D eigenvalue weighted by Crippen LogP contribution is 2.27. The molecule has 1 N–H and O–H groups in total. The number of pyridine rings is 1. The summed E-state index contributed by atoms with van der Waals surface area (Å²) < 4.78 is 2.00.